The molecule has 0 radical (unpaired) electrons. The molecule has 2 aliphatic carbocycles. The number of carbonyl (C=O) groups excluding carboxylic acids is 4. The van der Waals surface area contributed by atoms with Crippen LogP contribution in [-0.2, 0) is 38.1 Å². The minimum atomic E-state index is -1.45. The van der Waals surface area contributed by atoms with E-state index in [9.17, 15) is 19.2 Å². The highest BCUT2D eigenvalue weighted by atomic mass is 16.6. The summed E-state index contributed by atoms with van der Waals surface area (Å²) in [5.41, 5.74) is -1.45. The van der Waals surface area contributed by atoms with Gasteiger partial charge in [0.05, 0.1) is 18.4 Å². The molecule has 1 saturated heterocycles. The Kier molecular flexibility index (Phi) is 4.47. The largest absolute Gasteiger partial charge is 0.465 e. The molecule has 0 aromatic rings. The molecule has 0 spiro atoms. The van der Waals surface area contributed by atoms with Gasteiger partial charge in [0.2, 0.25) is 5.60 Å². The molecular formula is C17H22O8. The average Bonchev–Trinajstić information content (AvgIpc) is 3.15. The highest BCUT2D eigenvalue weighted by molar-refractivity contribution is 5.86. The van der Waals surface area contributed by atoms with E-state index in [0.717, 1.165) is 0 Å². The second-order valence-electron chi connectivity index (χ2n) is 7.28. The Morgan fingerprint density at radius 2 is 2.04 bits per heavy atom. The van der Waals surface area contributed by atoms with E-state index in [2.05, 4.69) is 0 Å². The van der Waals surface area contributed by atoms with Gasteiger partial charge in [-0.05, 0) is 26.7 Å². The van der Waals surface area contributed by atoms with E-state index in [4.69, 9.17) is 18.9 Å². The van der Waals surface area contributed by atoms with Gasteiger partial charge < -0.3 is 18.9 Å². The molecule has 1 heterocycles. The van der Waals surface area contributed by atoms with E-state index in [1.54, 1.807) is 0 Å². The van der Waals surface area contributed by atoms with E-state index < -0.39 is 47.6 Å². The van der Waals surface area contributed by atoms with Crippen molar-refractivity contribution in [1.82, 2.24) is 0 Å². The predicted octanol–water partition coefficient (Wildman–Crippen LogP) is 0.611. The fourth-order valence-electron chi connectivity index (χ4n) is 4.20. The normalized spacial score (nSPS) is 35.2. The number of fused-ring (bicyclic) bond motifs is 1. The highest BCUT2D eigenvalue weighted by Crippen LogP contribution is 2.59. The van der Waals surface area contributed by atoms with Gasteiger partial charge in [0.1, 0.15) is 12.2 Å². The summed E-state index contributed by atoms with van der Waals surface area (Å²) in [6, 6.07) is 0. The number of rotatable bonds is 7. The Labute approximate surface area is 145 Å². The first-order valence-corrected chi connectivity index (χ1v) is 8.51. The van der Waals surface area contributed by atoms with Crippen molar-refractivity contribution in [3.8, 4) is 0 Å². The number of hydrogen-bond donors (Lipinski definition) is 0. The first-order chi connectivity index (χ1) is 11.8. The van der Waals surface area contributed by atoms with Gasteiger partial charge in [-0.2, -0.15) is 0 Å². The molecule has 3 aliphatic rings. The molecule has 8 heteroatoms. The summed E-state index contributed by atoms with van der Waals surface area (Å²) < 4.78 is 20.9. The molecule has 2 bridgehead atoms. The zero-order chi connectivity index (χ0) is 18.4. The second kappa shape index (κ2) is 6.31. The summed E-state index contributed by atoms with van der Waals surface area (Å²) in [4.78, 5) is 47.5. The van der Waals surface area contributed by atoms with Crippen molar-refractivity contribution in [2.45, 2.75) is 51.4 Å². The summed E-state index contributed by atoms with van der Waals surface area (Å²) in [5.74, 6) is -3.27. The first kappa shape index (κ1) is 17.7. The van der Waals surface area contributed by atoms with Gasteiger partial charge in [0.15, 0.2) is 0 Å². The van der Waals surface area contributed by atoms with Crippen LogP contribution >= 0.6 is 0 Å². The zero-order valence-corrected chi connectivity index (χ0v) is 14.4. The fourth-order valence-corrected chi connectivity index (χ4v) is 4.20. The van der Waals surface area contributed by atoms with Crippen molar-refractivity contribution in [2.24, 2.45) is 23.7 Å². The SMILES string of the molecule is CCCOC(=O)C1C2CC3C(OC(=O)C31)C2OC(=O)C(C)(C)OC=O. The molecule has 25 heavy (non-hydrogen) atoms. The van der Waals surface area contributed by atoms with E-state index in [-0.39, 0.29) is 24.9 Å². The first-order valence-electron chi connectivity index (χ1n) is 8.51. The van der Waals surface area contributed by atoms with E-state index in [0.29, 0.717) is 12.8 Å². The average molecular weight is 354 g/mol. The van der Waals surface area contributed by atoms with Crippen LogP contribution in [0.2, 0.25) is 0 Å². The molecule has 2 saturated carbocycles. The van der Waals surface area contributed by atoms with Crippen LogP contribution in [-0.4, -0.2) is 48.8 Å². The topological polar surface area (TPSA) is 105 Å². The molecule has 1 aliphatic heterocycles. The van der Waals surface area contributed by atoms with Gasteiger partial charge in [0, 0.05) is 11.8 Å². The van der Waals surface area contributed by atoms with Gasteiger partial charge in [-0.3, -0.25) is 14.4 Å². The number of ether oxygens (including phenoxy) is 4. The molecule has 6 atom stereocenters. The molecule has 0 aromatic carbocycles. The molecular weight excluding hydrogens is 332 g/mol. The molecule has 0 amide bonds. The van der Waals surface area contributed by atoms with Crippen molar-refractivity contribution < 1.29 is 38.1 Å². The van der Waals surface area contributed by atoms with Gasteiger partial charge >= 0.3 is 17.9 Å². The van der Waals surface area contributed by atoms with Crippen LogP contribution in [0.4, 0.5) is 0 Å². The maximum Gasteiger partial charge on any atom is 0.350 e. The highest BCUT2D eigenvalue weighted by Gasteiger charge is 2.70. The maximum absolute atomic E-state index is 12.4. The minimum absolute atomic E-state index is 0.149. The summed E-state index contributed by atoms with van der Waals surface area (Å²) >= 11 is 0. The lowest BCUT2D eigenvalue weighted by molar-refractivity contribution is -0.185. The monoisotopic (exact) mass is 354 g/mol. The number of hydrogen-bond acceptors (Lipinski definition) is 8. The molecule has 0 N–H and O–H groups in total. The minimum Gasteiger partial charge on any atom is -0.465 e. The zero-order valence-electron chi connectivity index (χ0n) is 14.4. The van der Waals surface area contributed by atoms with Crippen molar-refractivity contribution in [2.75, 3.05) is 6.61 Å². The molecule has 3 fully saturated rings. The molecule has 3 rings (SSSR count). The Balaban J connectivity index is 1.78. The van der Waals surface area contributed by atoms with Crippen LogP contribution in [0.1, 0.15) is 33.6 Å². The lowest BCUT2D eigenvalue weighted by Gasteiger charge is -2.32. The predicted molar refractivity (Wildman–Crippen MR) is 80.8 cm³/mol. The van der Waals surface area contributed by atoms with Crippen LogP contribution in [0, 0.1) is 23.7 Å². The third-order valence-corrected chi connectivity index (χ3v) is 5.34. The van der Waals surface area contributed by atoms with Gasteiger partial charge in [-0.15, -0.1) is 0 Å². The van der Waals surface area contributed by atoms with E-state index in [1.807, 2.05) is 6.92 Å². The van der Waals surface area contributed by atoms with Gasteiger partial charge in [0.25, 0.3) is 6.47 Å². The Bertz CT molecular complexity index is 597. The summed E-state index contributed by atoms with van der Waals surface area (Å²) in [6.45, 7) is 5.16. The van der Waals surface area contributed by atoms with Crippen molar-refractivity contribution in [3.05, 3.63) is 0 Å². The molecule has 8 nitrogen and oxygen atoms in total. The Hall–Kier alpha value is -2.12. The van der Waals surface area contributed by atoms with Gasteiger partial charge in [-0.25, -0.2) is 4.79 Å². The second-order valence-corrected chi connectivity index (χ2v) is 7.28. The fraction of sp³-hybridized carbons (Fsp3) is 0.765. The van der Waals surface area contributed by atoms with E-state index in [1.165, 1.54) is 13.8 Å². The summed E-state index contributed by atoms with van der Waals surface area (Å²) in [5, 5.41) is 0. The van der Waals surface area contributed by atoms with Crippen LogP contribution in [0.3, 0.4) is 0 Å². The number of esters is 3. The lowest BCUT2D eigenvalue weighted by Crippen LogP contribution is -2.47. The Morgan fingerprint density at radius 3 is 2.68 bits per heavy atom. The summed E-state index contributed by atoms with van der Waals surface area (Å²) in [6.07, 6.45) is -0.0256. The molecule has 138 valence electrons. The smallest absolute Gasteiger partial charge is 0.350 e. The molecule has 0 aromatic heterocycles. The number of carbonyl (C=O) groups is 4. The molecule has 6 unspecified atom stereocenters. The van der Waals surface area contributed by atoms with Crippen LogP contribution in [0.15, 0.2) is 0 Å². The van der Waals surface area contributed by atoms with Crippen LogP contribution < -0.4 is 0 Å². The van der Waals surface area contributed by atoms with Crippen molar-refractivity contribution in [1.29, 1.82) is 0 Å². The maximum atomic E-state index is 12.4. The Morgan fingerprint density at radius 1 is 1.32 bits per heavy atom. The van der Waals surface area contributed by atoms with Crippen molar-refractivity contribution in [3.63, 3.8) is 0 Å². The van der Waals surface area contributed by atoms with Crippen LogP contribution in [0.25, 0.3) is 0 Å². The third-order valence-electron chi connectivity index (χ3n) is 5.34. The quantitative estimate of drug-likeness (QED) is 0.372. The third kappa shape index (κ3) is 2.77. The standard InChI is InChI=1S/C17H22O8/c1-4-5-22-14(19)10-8-6-9-11(10)15(20)24-12(9)13(8)25-16(21)17(2,3)23-7-18/h7-13H,4-6H2,1-3H3. The van der Waals surface area contributed by atoms with Crippen molar-refractivity contribution >= 4 is 24.4 Å². The van der Waals surface area contributed by atoms with Crippen LogP contribution in [0.5, 0.6) is 0 Å². The summed E-state index contributed by atoms with van der Waals surface area (Å²) in [7, 11) is 0. The van der Waals surface area contributed by atoms with E-state index >= 15 is 0 Å². The lowest BCUT2D eigenvalue weighted by atomic mass is 9.78. The van der Waals surface area contributed by atoms with Gasteiger partial charge in [-0.1, -0.05) is 6.92 Å².